The molecule has 4 nitrogen and oxygen atoms in total. The van der Waals surface area contributed by atoms with E-state index < -0.39 is 0 Å². The van der Waals surface area contributed by atoms with Crippen LogP contribution in [0.2, 0.25) is 5.02 Å². The van der Waals surface area contributed by atoms with E-state index in [1.165, 1.54) is 0 Å². The van der Waals surface area contributed by atoms with Crippen LogP contribution in [0.25, 0.3) is 0 Å². The first kappa shape index (κ1) is 9.73. The predicted molar refractivity (Wildman–Crippen MR) is 61.2 cm³/mol. The summed E-state index contributed by atoms with van der Waals surface area (Å²) in [5, 5.41) is 3.52. The number of halogens is 1. The van der Waals surface area contributed by atoms with Crippen LogP contribution in [0.15, 0.2) is 36.7 Å². The number of rotatable bonds is 2. The Morgan fingerprint density at radius 1 is 1.20 bits per heavy atom. The largest absolute Gasteiger partial charge is 0.398 e. The summed E-state index contributed by atoms with van der Waals surface area (Å²) in [6.45, 7) is 0. The molecule has 0 fully saturated rings. The summed E-state index contributed by atoms with van der Waals surface area (Å²) in [5.41, 5.74) is 6.95. The van der Waals surface area contributed by atoms with Crippen LogP contribution in [0.5, 0.6) is 0 Å². The maximum absolute atomic E-state index is 5.87. The lowest BCUT2D eigenvalue weighted by Crippen LogP contribution is -1.96. The zero-order valence-electron chi connectivity index (χ0n) is 7.81. The first-order valence-electron chi connectivity index (χ1n) is 4.35. The van der Waals surface area contributed by atoms with Gasteiger partial charge in [0.15, 0.2) is 0 Å². The zero-order chi connectivity index (χ0) is 10.7. The topological polar surface area (TPSA) is 63.8 Å². The van der Waals surface area contributed by atoms with Crippen LogP contribution in [-0.2, 0) is 0 Å². The summed E-state index contributed by atoms with van der Waals surface area (Å²) in [4.78, 5) is 8.06. The van der Waals surface area contributed by atoms with Crippen molar-refractivity contribution >= 4 is 28.9 Å². The van der Waals surface area contributed by atoms with Gasteiger partial charge in [-0.1, -0.05) is 11.6 Å². The third kappa shape index (κ3) is 2.35. The van der Waals surface area contributed by atoms with Crippen molar-refractivity contribution in [3.05, 3.63) is 41.7 Å². The molecular weight excluding hydrogens is 212 g/mol. The molecule has 0 atom stereocenters. The van der Waals surface area contributed by atoms with Crippen molar-refractivity contribution in [3.63, 3.8) is 0 Å². The van der Waals surface area contributed by atoms with E-state index in [9.17, 15) is 0 Å². The van der Waals surface area contributed by atoms with Crippen LogP contribution in [0.4, 0.5) is 17.3 Å². The van der Waals surface area contributed by atoms with E-state index in [0.717, 1.165) is 5.69 Å². The van der Waals surface area contributed by atoms with Crippen LogP contribution in [0, 0.1) is 0 Å². The summed E-state index contributed by atoms with van der Waals surface area (Å²) < 4.78 is 0. The molecule has 0 spiro atoms. The molecule has 0 saturated heterocycles. The molecule has 0 aliphatic rings. The highest BCUT2D eigenvalue weighted by Crippen LogP contribution is 2.23. The standard InChI is InChI=1S/C10H9ClN4/c11-8-6-7(2-3-9(8)12)15-10-13-4-1-5-14-10/h1-6H,12H2,(H,13,14,15). The van der Waals surface area contributed by atoms with E-state index in [0.29, 0.717) is 16.7 Å². The highest BCUT2D eigenvalue weighted by molar-refractivity contribution is 6.33. The maximum Gasteiger partial charge on any atom is 0.227 e. The second kappa shape index (κ2) is 4.14. The summed E-state index contributed by atoms with van der Waals surface area (Å²) >= 11 is 5.87. The van der Waals surface area contributed by atoms with Gasteiger partial charge in [-0.2, -0.15) is 0 Å². The molecule has 0 aliphatic heterocycles. The first-order valence-corrected chi connectivity index (χ1v) is 4.72. The van der Waals surface area contributed by atoms with E-state index in [1.807, 2.05) is 6.07 Å². The van der Waals surface area contributed by atoms with Crippen LogP contribution in [0.3, 0.4) is 0 Å². The van der Waals surface area contributed by atoms with E-state index in [-0.39, 0.29) is 0 Å². The monoisotopic (exact) mass is 220 g/mol. The molecule has 0 amide bonds. The number of hydrogen-bond acceptors (Lipinski definition) is 4. The molecule has 0 unspecified atom stereocenters. The Bertz CT molecular complexity index is 458. The van der Waals surface area contributed by atoms with Gasteiger partial charge in [-0.3, -0.25) is 0 Å². The molecule has 1 aromatic heterocycles. The first-order chi connectivity index (χ1) is 7.25. The third-order valence-electron chi connectivity index (χ3n) is 1.82. The summed E-state index contributed by atoms with van der Waals surface area (Å²) in [6, 6.07) is 7.03. The molecule has 0 radical (unpaired) electrons. The zero-order valence-corrected chi connectivity index (χ0v) is 8.57. The summed E-state index contributed by atoms with van der Waals surface area (Å²) in [5.74, 6) is 0.526. The van der Waals surface area contributed by atoms with E-state index in [4.69, 9.17) is 17.3 Å². The Balaban J connectivity index is 2.22. The average molecular weight is 221 g/mol. The highest BCUT2D eigenvalue weighted by Gasteiger charge is 1.99. The number of anilines is 3. The number of nitrogens with two attached hydrogens (primary N) is 1. The van der Waals surface area contributed by atoms with Gasteiger partial charge in [0.25, 0.3) is 0 Å². The molecular formula is C10H9ClN4. The fourth-order valence-electron chi connectivity index (χ4n) is 1.10. The number of benzene rings is 1. The second-order valence-corrected chi connectivity index (χ2v) is 3.34. The van der Waals surface area contributed by atoms with Gasteiger partial charge in [0.1, 0.15) is 0 Å². The van der Waals surface area contributed by atoms with Gasteiger partial charge in [-0.25, -0.2) is 9.97 Å². The molecule has 5 heteroatoms. The van der Waals surface area contributed by atoms with Crippen LogP contribution in [0.1, 0.15) is 0 Å². The minimum absolute atomic E-state index is 0.510. The van der Waals surface area contributed by atoms with Gasteiger partial charge in [-0.05, 0) is 24.3 Å². The van der Waals surface area contributed by atoms with Crippen molar-refractivity contribution in [1.82, 2.24) is 9.97 Å². The van der Waals surface area contributed by atoms with Crippen LogP contribution < -0.4 is 11.1 Å². The quantitative estimate of drug-likeness (QED) is 0.764. The maximum atomic E-state index is 5.87. The SMILES string of the molecule is Nc1ccc(Nc2ncccn2)cc1Cl. The fraction of sp³-hybridized carbons (Fsp3) is 0. The molecule has 3 N–H and O–H groups in total. The molecule has 1 aromatic carbocycles. The Morgan fingerprint density at radius 2 is 1.93 bits per heavy atom. The Morgan fingerprint density at radius 3 is 2.60 bits per heavy atom. The van der Waals surface area contributed by atoms with Gasteiger partial charge in [0, 0.05) is 18.1 Å². The summed E-state index contributed by atoms with van der Waals surface area (Å²) in [6.07, 6.45) is 3.32. The normalized spacial score (nSPS) is 9.93. The lowest BCUT2D eigenvalue weighted by Gasteiger charge is -2.05. The van der Waals surface area contributed by atoms with Crippen LogP contribution >= 0.6 is 11.6 Å². The molecule has 0 bridgehead atoms. The molecule has 0 saturated carbocycles. The Labute approximate surface area is 92.1 Å². The summed E-state index contributed by atoms with van der Waals surface area (Å²) in [7, 11) is 0. The molecule has 15 heavy (non-hydrogen) atoms. The number of nitrogens with one attached hydrogen (secondary N) is 1. The van der Waals surface area contributed by atoms with E-state index in [2.05, 4.69) is 15.3 Å². The lowest BCUT2D eigenvalue weighted by molar-refractivity contribution is 1.17. The fourth-order valence-corrected chi connectivity index (χ4v) is 1.28. The minimum atomic E-state index is 0.510. The van der Waals surface area contributed by atoms with Gasteiger partial charge in [-0.15, -0.1) is 0 Å². The van der Waals surface area contributed by atoms with Gasteiger partial charge >= 0.3 is 0 Å². The minimum Gasteiger partial charge on any atom is -0.398 e. The lowest BCUT2D eigenvalue weighted by atomic mass is 10.3. The van der Waals surface area contributed by atoms with Gasteiger partial charge in [0.2, 0.25) is 5.95 Å². The van der Waals surface area contributed by atoms with Crippen molar-refractivity contribution in [2.75, 3.05) is 11.1 Å². The number of nitrogens with zero attached hydrogens (tertiary/aromatic N) is 2. The average Bonchev–Trinajstić information content (AvgIpc) is 2.25. The van der Waals surface area contributed by atoms with Crippen LogP contribution in [-0.4, -0.2) is 9.97 Å². The van der Waals surface area contributed by atoms with Crippen molar-refractivity contribution in [2.24, 2.45) is 0 Å². The van der Waals surface area contributed by atoms with Gasteiger partial charge in [0.05, 0.1) is 10.7 Å². The number of hydrogen-bond donors (Lipinski definition) is 2. The molecule has 2 aromatic rings. The van der Waals surface area contributed by atoms with Crippen molar-refractivity contribution in [2.45, 2.75) is 0 Å². The highest BCUT2D eigenvalue weighted by atomic mass is 35.5. The van der Waals surface area contributed by atoms with E-state index >= 15 is 0 Å². The third-order valence-corrected chi connectivity index (χ3v) is 2.15. The van der Waals surface area contributed by atoms with Crippen molar-refractivity contribution in [3.8, 4) is 0 Å². The Kier molecular flexibility index (Phi) is 2.69. The predicted octanol–water partition coefficient (Wildman–Crippen LogP) is 2.46. The molecule has 1 heterocycles. The molecule has 76 valence electrons. The Hall–Kier alpha value is -1.81. The second-order valence-electron chi connectivity index (χ2n) is 2.93. The number of nitrogen functional groups attached to an aromatic ring is 1. The molecule has 0 aliphatic carbocycles. The number of aromatic nitrogens is 2. The van der Waals surface area contributed by atoms with E-state index in [1.54, 1.807) is 30.6 Å². The van der Waals surface area contributed by atoms with Crippen molar-refractivity contribution < 1.29 is 0 Å². The van der Waals surface area contributed by atoms with Crippen molar-refractivity contribution in [1.29, 1.82) is 0 Å². The smallest absolute Gasteiger partial charge is 0.227 e. The van der Waals surface area contributed by atoms with Gasteiger partial charge < -0.3 is 11.1 Å². The molecule has 2 rings (SSSR count).